The van der Waals surface area contributed by atoms with Crippen LogP contribution >= 0.6 is 22.9 Å². The fourth-order valence-electron chi connectivity index (χ4n) is 1.40. The summed E-state index contributed by atoms with van der Waals surface area (Å²) in [5, 5.41) is 9.53. The van der Waals surface area contributed by atoms with Gasteiger partial charge in [0.1, 0.15) is 16.6 Å². The molecule has 0 aliphatic heterocycles. The first kappa shape index (κ1) is 14.5. The standard InChI is InChI=1S/C11H11ClN4O3S/c1-19-9(17)6-16-11(18)10(12)7(4-15-16)14-5-8-13-2-3-20-8/h2-4,14H,5-6H2,1H3. The van der Waals surface area contributed by atoms with E-state index in [-0.39, 0.29) is 11.6 Å². The van der Waals surface area contributed by atoms with Crippen molar-refractivity contribution in [1.29, 1.82) is 0 Å². The van der Waals surface area contributed by atoms with E-state index in [1.165, 1.54) is 24.6 Å². The number of hydrogen-bond acceptors (Lipinski definition) is 7. The molecule has 0 aliphatic carbocycles. The van der Waals surface area contributed by atoms with Gasteiger partial charge in [-0.2, -0.15) is 5.10 Å². The average Bonchev–Trinajstić information content (AvgIpc) is 2.96. The van der Waals surface area contributed by atoms with E-state index >= 15 is 0 Å². The van der Waals surface area contributed by atoms with Crippen LogP contribution in [0, 0.1) is 0 Å². The average molecular weight is 315 g/mol. The molecular formula is C11H11ClN4O3S. The molecule has 0 radical (unpaired) electrons. The number of methoxy groups -OCH3 is 1. The van der Waals surface area contributed by atoms with Gasteiger partial charge in [0.05, 0.1) is 25.5 Å². The molecule has 0 aliphatic rings. The molecule has 0 amide bonds. The van der Waals surface area contributed by atoms with Crippen molar-refractivity contribution in [2.45, 2.75) is 13.1 Å². The van der Waals surface area contributed by atoms with E-state index in [0.717, 1.165) is 9.69 Å². The number of rotatable bonds is 5. The summed E-state index contributed by atoms with van der Waals surface area (Å²) in [6.45, 7) is 0.168. The van der Waals surface area contributed by atoms with E-state index in [4.69, 9.17) is 11.6 Å². The molecule has 0 bridgehead atoms. The van der Waals surface area contributed by atoms with Crippen molar-refractivity contribution >= 4 is 34.6 Å². The first-order valence-electron chi connectivity index (χ1n) is 5.56. The summed E-state index contributed by atoms with van der Waals surface area (Å²) in [5.74, 6) is -0.570. The summed E-state index contributed by atoms with van der Waals surface area (Å²) in [5.41, 5.74) is -0.158. The molecule has 106 valence electrons. The fourth-order valence-corrected chi connectivity index (χ4v) is 2.17. The zero-order chi connectivity index (χ0) is 14.5. The highest BCUT2D eigenvalue weighted by Gasteiger charge is 2.12. The first-order valence-corrected chi connectivity index (χ1v) is 6.82. The molecule has 0 saturated carbocycles. The lowest BCUT2D eigenvalue weighted by molar-refractivity contribution is -0.141. The number of aromatic nitrogens is 3. The molecule has 0 saturated heterocycles. The Morgan fingerprint density at radius 3 is 3.05 bits per heavy atom. The number of anilines is 1. The number of thiazole rings is 1. The molecule has 0 fully saturated rings. The van der Waals surface area contributed by atoms with Crippen LogP contribution in [0.3, 0.4) is 0 Å². The molecule has 0 atom stereocenters. The van der Waals surface area contributed by atoms with Crippen molar-refractivity contribution in [3.05, 3.63) is 38.2 Å². The highest BCUT2D eigenvalue weighted by Crippen LogP contribution is 2.16. The quantitative estimate of drug-likeness (QED) is 0.833. The summed E-state index contributed by atoms with van der Waals surface area (Å²) in [6, 6.07) is 0. The summed E-state index contributed by atoms with van der Waals surface area (Å²) in [4.78, 5) is 27.1. The van der Waals surface area contributed by atoms with Crippen LogP contribution in [0.15, 0.2) is 22.6 Å². The number of nitrogens with one attached hydrogen (secondary N) is 1. The minimum atomic E-state index is -0.570. The molecule has 20 heavy (non-hydrogen) atoms. The van der Waals surface area contributed by atoms with Gasteiger partial charge in [0.2, 0.25) is 0 Å². The normalized spacial score (nSPS) is 10.3. The van der Waals surface area contributed by atoms with Crippen LogP contribution in [0.25, 0.3) is 0 Å². The zero-order valence-corrected chi connectivity index (χ0v) is 12.1. The Bertz CT molecular complexity index is 656. The Morgan fingerprint density at radius 1 is 1.60 bits per heavy atom. The largest absolute Gasteiger partial charge is 0.468 e. The predicted molar refractivity (Wildman–Crippen MR) is 75.0 cm³/mol. The third-order valence-electron chi connectivity index (χ3n) is 2.40. The number of ether oxygens (including phenoxy) is 1. The summed E-state index contributed by atoms with van der Waals surface area (Å²) in [6.07, 6.45) is 3.08. The van der Waals surface area contributed by atoms with Crippen LogP contribution in [-0.4, -0.2) is 27.8 Å². The fraction of sp³-hybridized carbons (Fsp3) is 0.273. The van der Waals surface area contributed by atoms with E-state index < -0.39 is 11.5 Å². The maximum absolute atomic E-state index is 11.9. The van der Waals surface area contributed by atoms with Crippen LogP contribution in [0.4, 0.5) is 5.69 Å². The molecule has 1 N–H and O–H groups in total. The number of halogens is 1. The van der Waals surface area contributed by atoms with Crippen molar-refractivity contribution in [1.82, 2.24) is 14.8 Å². The highest BCUT2D eigenvalue weighted by atomic mass is 35.5. The smallest absolute Gasteiger partial charge is 0.327 e. The third-order valence-corrected chi connectivity index (χ3v) is 3.55. The van der Waals surface area contributed by atoms with Gasteiger partial charge in [-0.05, 0) is 0 Å². The molecule has 2 rings (SSSR count). The number of esters is 1. The second-order valence-electron chi connectivity index (χ2n) is 3.69. The van der Waals surface area contributed by atoms with Gasteiger partial charge in [-0.25, -0.2) is 9.67 Å². The van der Waals surface area contributed by atoms with Crippen molar-refractivity contribution in [3.8, 4) is 0 Å². The Morgan fingerprint density at radius 2 is 2.40 bits per heavy atom. The van der Waals surface area contributed by atoms with Gasteiger partial charge >= 0.3 is 5.97 Å². The Kier molecular flexibility index (Phi) is 4.70. The Balaban J connectivity index is 2.14. The molecule has 2 aromatic heterocycles. The first-order chi connectivity index (χ1) is 9.61. The Hall–Kier alpha value is -1.93. The van der Waals surface area contributed by atoms with Crippen molar-refractivity contribution in [2.24, 2.45) is 0 Å². The topological polar surface area (TPSA) is 86.1 Å². The maximum atomic E-state index is 11.9. The van der Waals surface area contributed by atoms with Crippen molar-refractivity contribution < 1.29 is 9.53 Å². The van der Waals surface area contributed by atoms with Crippen molar-refractivity contribution in [3.63, 3.8) is 0 Å². The number of hydrogen-bond donors (Lipinski definition) is 1. The SMILES string of the molecule is COC(=O)Cn1ncc(NCc2nccs2)c(Cl)c1=O. The zero-order valence-electron chi connectivity index (χ0n) is 10.5. The van der Waals surface area contributed by atoms with Crippen LogP contribution in [0.1, 0.15) is 5.01 Å². The number of carbonyl (C=O) groups is 1. The molecule has 0 unspecified atom stereocenters. The van der Waals surface area contributed by atoms with E-state index in [9.17, 15) is 9.59 Å². The maximum Gasteiger partial charge on any atom is 0.327 e. The van der Waals surface area contributed by atoms with Crippen molar-refractivity contribution in [2.75, 3.05) is 12.4 Å². The minimum absolute atomic E-state index is 0.0274. The molecule has 0 spiro atoms. The lowest BCUT2D eigenvalue weighted by Crippen LogP contribution is -2.28. The summed E-state index contributed by atoms with van der Waals surface area (Å²) < 4.78 is 5.42. The monoisotopic (exact) mass is 314 g/mol. The lowest BCUT2D eigenvalue weighted by atomic mass is 10.4. The van der Waals surface area contributed by atoms with Gasteiger partial charge in [-0.1, -0.05) is 11.6 Å². The third kappa shape index (κ3) is 3.34. The molecular weight excluding hydrogens is 304 g/mol. The number of carbonyl (C=O) groups excluding carboxylic acids is 1. The summed E-state index contributed by atoms with van der Waals surface area (Å²) in [7, 11) is 1.24. The number of nitrogens with zero attached hydrogens (tertiary/aromatic N) is 3. The van der Waals surface area contributed by atoms with Gasteiger partial charge < -0.3 is 10.1 Å². The van der Waals surface area contributed by atoms with E-state index in [2.05, 4.69) is 20.1 Å². The minimum Gasteiger partial charge on any atom is -0.468 e. The van der Waals surface area contributed by atoms with E-state index in [1.54, 1.807) is 6.20 Å². The van der Waals surface area contributed by atoms with Gasteiger partial charge in [0.15, 0.2) is 0 Å². The van der Waals surface area contributed by atoms with Crippen LogP contribution in [0.2, 0.25) is 5.02 Å². The summed E-state index contributed by atoms with van der Waals surface area (Å²) >= 11 is 7.45. The van der Waals surface area contributed by atoms with Crippen LogP contribution in [0.5, 0.6) is 0 Å². The molecule has 0 aromatic carbocycles. The van der Waals surface area contributed by atoms with E-state index in [1.807, 2.05) is 5.38 Å². The molecule has 9 heteroatoms. The van der Waals surface area contributed by atoms with Crippen LogP contribution < -0.4 is 10.9 Å². The van der Waals surface area contributed by atoms with Gasteiger partial charge in [-0.15, -0.1) is 11.3 Å². The van der Waals surface area contributed by atoms with Gasteiger partial charge in [0.25, 0.3) is 5.56 Å². The molecule has 2 heterocycles. The second-order valence-corrected chi connectivity index (χ2v) is 5.05. The lowest BCUT2D eigenvalue weighted by Gasteiger charge is -2.08. The van der Waals surface area contributed by atoms with Crippen LogP contribution in [-0.2, 0) is 22.6 Å². The molecule has 2 aromatic rings. The Labute approximate surface area is 123 Å². The predicted octanol–water partition coefficient (Wildman–Crippen LogP) is 1.14. The second kappa shape index (κ2) is 6.49. The van der Waals surface area contributed by atoms with Gasteiger partial charge in [-0.3, -0.25) is 9.59 Å². The highest BCUT2D eigenvalue weighted by molar-refractivity contribution is 7.09. The van der Waals surface area contributed by atoms with Gasteiger partial charge in [0, 0.05) is 11.6 Å². The van der Waals surface area contributed by atoms with E-state index in [0.29, 0.717) is 12.2 Å². The molecule has 7 nitrogen and oxygen atoms in total.